The highest BCUT2D eigenvalue weighted by Crippen LogP contribution is 2.32. The maximum atomic E-state index is 14.1. The van der Waals surface area contributed by atoms with E-state index in [4.69, 9.17) is 4.98 Å². The smallest absolute Gasteiger partial charge is 0.159 e. The Balaban J connectivity index is 1.28. The number of aromatic amines is 2. The molecule has 1 fully saturated rings. The van der Waals surface area contributed by atoms with Crippen molar-refractivity contribution in [2.24, 2.45) is 0 Å². The van der Waals surface area contributed by atoms with E-state index in [1.165, 1.54) is 30.5 Å². The van der Waals surface area contributed by atoms with Gasteiger partial charge in [-0.2, -0.15) is 5.10 Å². The Kier molecular flexibility index (Phi) is 5.44. The van der Waals surface area contributed by atoms with E-state index in [1.807, 2.05) is 37.6 Å². The number of nitrogens with zero attached hydrogens (tertiary/aromatic N) is 6. The molecule has 6 aromatic rings. The third-order valence-corrected chi connectivity index (χ3v) is 7.09. The lowest BCUT2D eigenvalue weighted by molar-refractivity contribution is 0.331. The Bertz CT molecular complexity index is 1780. The lowest BCUT2D eigenvalue weighted by atomic mass is 10.1. The Morgan fingerprint density at radius 2 is 1.79 bits per heavy atom. The molecule has 0 atom stereocenters. The van der Waals surface area contributed by atoms with E-state index in [-0.39, 0.29) is 5.82 Å². The van der Waals surface area contributed by atoms with Crippen molar-refractivity contribution in [1.29, 1.82) is 0 Å². The van der Waals surface area contributed by atoms with E-state index in [0.717, 1.165) is 47.2 Å². The molecule has 0 unspecified atom stereocenters. The molecule has 0 saturated carbocycles. The molecule has 1 saturated heterocycles. The molecule has 8 nitrogen and oxygen atoms in total. The van der Waals surface area contributed by atoms with Gasteiger partial charge in [-0.1, -0.05) is 0 Å². The van der Waals surface area contributed by atoms with Gasteiger partial charge < -0.3 is 4.98 Å². The molecule has 1 aromatic carbocycles. The second kappa shape index (κ2) is 9.11. The molecule has 7 rings (SSSR count). The van der Waals surface area contributed by atoms with Crippen molar-refractivity contribution in [2.75, 3.05) is 13.1 Å². The first-order valence-electron chi connectivity index (χ1n) is 12.7. The van der Waals surface area contributed by atoms with Gasteiger partial charge in [0.15, 0.2) is 11.5 Å². The number of halogens is 1. The minimum Gasteiger partial charge on any atom is -0.336 e. The molecule has 0 radical (unpaired) electrons. The van der Waals surface area contributed by atoms with E-state index in [1.54, 1.807) is 6.20 Å². The molecule has 1 aliphatic heterocycles. The summed E-state index contributed by atoms with van der Waals surface area (Å²) >= 11 is 0. The second-order valence-corrected chi connectivity index (χ2v) is 9.92. The fraction of sp³-hybridized carbons (Fsp3) is 0.207. The van der Waals surface area contributed by atoms with Gasteiger partial charge in [0.2, 0.25) is 0 Å². The molecule has 1 aliphatic rings. The van der Waals surface area contributed by atoms with E-state index >= 15 is 0 Å². The standard InChI is InChI=1S/C29H25FN8/c1-17-8-19(11-22(30)9-17)25-27-24(4-5-32-25)34-29(35-27)26-23-12-21(15-33-28(23)37-36-26)20-10-18(13-31-14-20)16-38-6-2-3-7-38/h4-5,8-15H,2-3,6-7,16H2,1H3,(H,34,35)(H,33,36,37). The van der Waals surface area contributed by atoms with Crippen molar-refractivity contribution in [3.63, 3.8) is 0 Å². The number of rotatable bonds is 5. The minimum atomic E-state index is -0.301. The van der Waals surface area contributed by atoms with Crippen LogP contribution in [0.2, 0.25) is 0 Å². The van der Waals surface area contributed by atoms with Crippen LogP contribution in [-0.4, -0.2) is 53.1 Å². The summed E-state index contributed by atoms with van der Waals surface area (Å²) in [6.07, 6.45) is 9.88. The number of pyridine rings is 3. The molecule has 0 amide bonds. The molecule has 38 heavy (non-hydrogen) atoms. The third-order valence-electron chi connectivity index (χ3n) is 7.09. The molecule has 2 N–H and O–H groups in total. The highest BCUT2D eigenvalue weighted by Gasteiger charge is 2.18. The summed E-state index contributed by atoms with van der Waals surface area (Å²) in [6.45, 7) is 5.06. The van der Waals surface area contributed by atoms with Gasteiger partial charge in [0.25, 0.3) is 0 Å². The van der Waals surface area contributed by atoms with Gasteiger partial charge in [-0.3, -0.25) is 20.0 Å². The van der Waals surface area contributed by atoms with Crippen LogP contribution in [0.5, 0.6) is 0 Å². The van der Waals surface area contributed by atoms with Crippen LogP contribution in [0.25, 0.3) is 56.0 Å². The average molecular weight is 505 g/mol. The number of benzene rings is 1. The summed E-state index contributed by atoms with van der Waals surface area (Å²) in [5.74, 6) is 0.291. The summed E-state index contributed by atoms with van der Waals surface area (Å²) < 4.78 is 14.1. The van der Waals surface area contributed by atoms with Gasteiger partial charge in [0, 0.05) is 48.0 Å². The largest absolute Gasteiger partial charge is 0.336 e. The molecule has 9 heteroatoms. The van der Waals surface area contributed by atoms with Crippen LogP contribution in [0, 0.1) is 12.7 Å². The van der Waals surface area contributed by atoms with Crippen LogP contribution in [0.3, 0.4) is 0 Å². The summed E-state index contributed by atoms with van der Waals surface area (Å²) in [4.78, 5) is 24.3. The molecule has 188 valence electrons. The number of likely N-dealkylation sites (tertiary alicyclic amines) is 1. The molecule has 5 aromatic heterocycles. The van der Waals surface area contributed by atoms with Crippen LogP contribution < -0.4 is 0 Å². The third kappa shape index (κ3) is 4.10. The first-order chi connectivity index (χ1) is 18.6. The number of aromatic nitrogens is 7. The highest BCUT2D eigenvalue weighted by atomic mass is 19.1. The molecule has 0 spiro atoms. The van der Waals surface area contributed by atoms with Gasteiger partial charge in [-0.05, 0) is 80.4 Å². The zero-order valence-corrected chi connectivity index (χ0v) is 20.9. The number of hydrogen-bond donors (Lipinski definition) is 2. The van der Waals surface area contributed by atoms with Crippen molar-refractivity contribution in [3.8, 4) is 33.9 Å². The van der Waals surface area contributed by atoms with Gasteiger partial charge in [-0.25, -0.2) is 14.4 Å². The lowest BCUT2D eigenvalue weighted by Crippen LogP contribution is -2.18. The van der Waals surface area contributed by atoms with Crippen molar-refractivity contribution >= 4 is 22.1 Å². The zero-order chi connectivity index (χ0) is 25.6. The Labute approximate surface area is 218 Å². The quantitative estimate of drug-likeness (QED) is 0.314. The fourth-order valence-electron chi connectivity index (χ4n) is 5.30. The van der Waals surface area contributed by atoms with Crippen LogP contribution in [-0.2, 0) is 6.54 Å². The summed E-state index contributed by atoms with van der Waals surface area (Å²) in [5.41, 5.74) is 8.09. The monoisotopic (exact) mass is 504 g/mol. The minimum absolute atomic E-state index is 0.301. The SMILES string of the molecule is Cc1cc(F)cc(-c2nccc3[nH]c(-c4n[nH]c5ncc(-c6cncc(CN7CCCC7)c6)cc45)nc23)c1. The summed E-state index contributed by atoms with van der Waals surface area (Å²) in [6, 6.07) is 11.0. The maximum Gasteiger partial charge on any atom is 0.159 e. The van der Waals surface area contributed by atoms with Crippen molar-refractivity contribution in [1.82, 2.24) is 40.0 Å². The number of H-pyrrole nitrogens is 2. The Morgan fingerprint density at radius 1 is 0.921 bits per heavy atom. The van der Waals surface area contributed by atoms with E-state index in [0.29, 0.717) is 33.9 Å². The van der Waals surface area contributed by atoms with Gasteiger partial charge in [0.1, 0.15) is 17.0 Å². The lowest BCUT2D eigenvalue weighted by Gasteiger charge is -2.14. The predicted molar refractivity (Wildman–Crippen MR) is 145 cm³/mol. The van der Waals surface area contributed by atoms with Gasteiger partial charge in [-0.15, -0.1) is 0 Å². The molecule has 0 aliphatic carbocycles. The number of aryl methyl sites for hydroxylation is 1. The Hall–Kier alpha value is -4.50. The first-order valence-corrected chi connectivity index (χ1v) is 12.7. The van der Waals surface area contributed by atoms with E-state index in [2.05, 4.69) is 47.2 Å². The highest BCUT2D eigenvalue weighted by molar-refractivity contribution is 5.96. The maximum absolute atomic E-state index is 14.1. The molecule has 0 bridgehead atoms. The number of nitrogens with one attached hydrogen (secondary N) is 2. The summed E-state index contributed by atoms with van der Waals surface area (Å²) in [7, 11) is 0. The van der Waals surface area contributed by atoms with Gasteiger partial charge in [0.05, 0.1) is 16.6 Å². The molecular weight excluding hydrogens is 479 g/mol. The van der Waals surface area contributed by atoms with E-state index < -0.39 is 0 Å². The van der Waals surface area contributed by atoms with Crippen molar-refractivity contribution in [3.05, 3.63) is 78.1 Å². The summed E-state index contributed by atoms with van der Waals surface area (Å²) in [5, 5.41) is 8.40. The average Bonchev–Trinajstić information content (AvgIpc) is 3.67. The van der Waals surface area contributed by atoms with Crippen LogP contribution in [0.4, 0.5) is 4.39 Å². The normalized spacial score (nSPS) is 14.2. The predicted octanol–water partition coefficient (Wildman–Crippen LogP) is 5.67. The topological polar surface area (TPSA) is 99.3 Å². The second-order valence-electron chi connectivity index (χ2n) is 9.92. The fourth-order valence-corrected chi connectivity index (χ4v) is 5.30. The number of hydrogen-bond acceptors (Lipinski definition) is 6. The number of imidazole rings is 1. The van der Waals surface area contributed by atoms with Gasteiger partial charge >= 0.3 is 0 Å². The molecular formula is C29H25FN8. The molecule has 6 heterocycles. The van der Waals surface area contributed by atoms with E-state index in [9.17, 15) is 4.39 Å². The van der Waals surface area contributed by atoms with Crippen LogP contribution >= 0.6 is 0 Å². The first kappa shape index (κ1) is 22.7. The number of fused-ring (bicyclic) bond motifs is 2. The zero-order valence-electron chi connectivity index (χ0n) is 20.9. The van der Waals surface area contributed by atoms with Crippen molar-refractivity contribution in [2.45, 2.75) is 26.3 Å². The van der Waals surface area contributed by atoms with Crippen LogP contribution in [0.15, 0.2) is 61.2 Å². The van der Waals surface area contributed by atoms with Crippen LogP contribution in [0.1, 0.15) is 24.0 Å². The van der Waals surface area contributed by atoms with Crippen molar-refractivity contribution < 1.29 is 4.39 Å². The Morgan fingerprint density at radius 3 is 2.66 bits per heavy atom.